The average molecular weight is 574 g/mol. The number of nitrogens with one attached hydrogen (secondary N) is 2. The maximum absolute atomic E-state index is 13.2. The number of hydrazone groups is 1. The Labute approximate surface area is 210 Å². The zero-order chi connectivity index (χ0) is 22.9. The number of sulfonamides is 1. The van der Waals surface area contributed by atoms with E-state index in [-0.39, 0.29) is 10.9 Å². The molecule has 10 heteroatoms. The van der Waals surface area contributed by atoms with Crippen LogP contribution in [-0.2, 0) is 10.0 Å². The normalized spacial score (nSPS) is 17.0. The molecule has 0 radical (unpaired) electrons. The van der Waals surface area contributed by atoms with Crippen molar-refractivity contribution in [3.63, 3.8) is 0 Å². The van der Waals surface area contributed by atoms with Gasteiger partial charge in [0.15, 0.2) is 0 Å². The van der Waals surface area contributed by atoms with Crippen LogP contribution in [0.4, 0.5) is 0 Å². The van der Waals surface area contributed by atoms with E-state index < -0.39 is 16.1 Å². The van der Waals surface area contributed by atoms with Gasteiger partial charge in [-0.05, 0) is 53.6 Å². The standard InChI is InChI=1S/C22H17BrCl3N3O2S/c23-14-2-1-3-17(10-14)32(30,31)29-22(18-9-8-16(25)11-19(18)26)21-12-20(27-28-21)13-4-6-15(24)7-5-13/h1-11,20,22,27,29H,12H2. The minimum Gasteiger partial charge on any atom is -0.302 e. The predicted molar refractivity (Wildman–Crippen MR) is 133 cm³/mol. The smallest absolute Gasteiger partial charge is 0.241 e. The molecule has 5 nitrogen and oxygen atoms in total. The van der Waals surface area contributed by atoms with Gasteiger partial charge in [0, 0.05) is 26.0 Å². The predicted octanol–water partition coefficient (Wildman–Crippen LogP) is 6.52. The van der Waals surface area contributed by atoms with Crippen molar-refractivity contribution in [2.24, 2.45) is 5.10 Å². The first kappa shape index (κ1) is 23.5. The Morgan fingerprint density at radius 2 is 1.72 bits per heavy atom. The fourth-order valence-corrected chi connectivity index (χ4v) is 5.88. The summed E-state index contributed by atoms with van der Waals surface area (Å²) < 4.78 is 29.8. The minimum absolute atomic E-state index is 0.119. The van der Waals surface area contributed by atoms with Gasteiger partial charge < -0.3 is 5.43 Å². The highest BCUT2D eigenvalue weighted by Gasteiger charge is 2.32. The van der Waals surface area contributed by atoms with Crippen molar-refractivity contribution in [2.45, 2.75) is 23.4 Å². The van der Waals surface area contributed by atoms with Crippen LogP contribution in [0, 0.1) is 0 Å². The van der Waals surface area contributed by atoms with Crippen LogP contribution in [0.1, 0.15) is 29.6 Å². The van der Waals surface area contributed by atoms with Gasteiger partial charge >= 0.3 is 0 Å². The van der Waals surface area contributed by atoms with Crippen molar-refractivity contribution >= 4 is 66.5 Å². The van der Waals surface area contributed by atoms with Gasteiger partial charge in [-0.25, -0.2) is 8.42 Å². The molecule has 166 valence electrons. The summed E-state index contributed by atoms with van der Waals surface area (Å²) in [5, 5.41) is 5.90. The van der Waals surface area contributed by atoms with Crippen molar-refractivity contribution in [3.05, 3.63) is 97.4 Å². The van der Waals surface area contributed by atoms with Gasteiger partial charge in [0.25, 0.3) is 0 Å². The lowest BCUT2D eigenvalue weighted by atomic mass is 9.96. The Bertz CT molecular complexity index is 1280. The number of nitrogens with zero attached hydrogens (tertiary/aromatic N) is 1. The third kappa shape index (κ3) is 5.30. The Morgan fingerprint density at radius 3 is 2.41 bits per heavy atom. The lowest BCUT2D eigenvalue weighted by Crippen LogP contribution is -2.33. The van der Waals surface area contributed by atoms with Crippen LogP contribution in [0.2, 0.25) is 15.1 Å². The van der Waals surface area contributed by atoms with Crippen LogP contribution < -0.4 is 10.1 Å². The zero-order valence-electron chi connectivity index (χ0n) is 16.4. The second-order valence-corrected chi connectivity index (χ2v) is 11.1. The lowest BCUT2D eigenvalue weighted by Gasteiger charge is -2.21. The summed E-state index contributed by atoms with van der Waals surface area (Å²) in [6.45, 7) is 0. The third-order valence-corrected chi connectivity index (χ3v) is 7.76. The summed E-state index contributed by atoms with van der Waals surface area (Å²) in [6.07, 6.45) is 0.478. The molecule has 0 aliphatic carbocycles. The molecule has 2 unspecified atom stereocenters. The molecule has 32 heavy (non-hydrogen) atoms. The molecule has 0 saturated heterocycles. The van der Waals surface area contributed by atoms with Crippen LogP contribution in [-0.4, -0.2) is 14.1 Å². The number of hydrogen-bond donors (Lipinski definition) is 2. The quantitative estimate of drug-likeness (QED) is 0.353. The lowest BCUT2D eigenvalue weighted by molar-refractivity contribution is 0.576. The summed E-state index contributed by atoms with van der Waals surface area (Å²) in [5.41, 5.74) is 5.25. The van der Waals surface area contributed by atoms with Gasteiger partial charge in [-0.15, -0.1) is 0 Å². The molecule has 0 saturated carbocycles. The highest BCUT2D eigenvalue weighted by atomic mass is 79.9. The van der Waals surface area contributed by atoms with Gasteiger partial charge in [-0.3, -0.25) is 0 Å². The maximum atomic E-state index is 13.2. The van der Waals surface area contributed by atoms with E-state index in [1.54, 1.807) is 42.5 Å². The van der Waals surface area contributed by atoms with Crippen LogP contribution in [0.3, 0.4) is 0 Å². The van der Waals surface area contributed by atoms with Crippen molar-refractivity contribution in [2.75, 3.05) is 0 Å². The Morgan fingerprint density at radius 1 is 1.00 bits per heavy atom. The monoisotopic (exact) mass is 571 g/mol. The summed E-state index contributed by atoms with van der Waals surface area (Å²) in [7, 11) is -3.88. The first-order valence-electron chi connectivity index (χ1n) is 9.53. The molecule has 3 aromatic carbocycles. The molecule has 3 aromatic rings. The van der Waals surface area contributed by atoms with E-state index in [1.807, 2.05) is 12.1 Å². The summed E-state index contributed by atoms with van der Waals surface area (Å²) >= 11 is 21.8. The fraction of sp³-hybridized carbons (Fsp3) is 0.136. The number of rotatable bonds is 6. The minimum atomic E-state index is -3.88. The topological polar surface area (TPSA) is 70.6 Å². The molecular formula is C22H17BrCl3N3O2S. The Hall–Kier alpha value is -1.61. The van der Waals surface area contributed by atoms with E-state index in [9.17, 15) is 8.42 Å². The van der Waals surface area contributed by atoms with E-state index in [0.717, 1.165) is 5.56 Å². The molecule has 2 atom stereocenters. The van der Waals surface area contributed by atoms with E-state index in [2.05, 4.69) is 31.2 Å². The molecule has 0 spiro atoms. The summed E-state index contributed by atoms with van der Waals surface area (Å²) in [6, 6.07) is 18.0. The van der Waals surface area contributed by atoms with Crippen molar-refractivity contribution in [1.82, 2.24) is 10.1 Å². The van der Waals surface area contributed by atoms with Crippen LogP contribution in [0.25, 0.3) is 0 Å². The van der Waals surface area contributed by atoms with Crippen molar-refractivity contribution in [3.8, 4) is 0 Å². The largest absolute Gasteiger partial charge is 0.302 e. The van der Waals surface area contributed by atoms with E-state index in [0.29, 0.717) is 37.2 Å². The van der Waals surface area contributed by atoms with Gasteiger partial charge in [-0.1, -0.05) is 75.0 Å². The van der Waals surface area contributed by atoms with Crippen LogP contribution in [0.15, 0.2) is 81.2 Å². The van der Waals surface area contributed by atoms with Crippen LogP contribution >= 0.6 is 50.7 Å². The second kappa shape index (κ2) is 9.71. The first-order valence-corrected chi connectivity index (χ1v) is 12.9. The summed E-state index contributed by atoms with van der Waals surface area (Å²) in [5.74, 6) is 0. The molecule has 0 aromatic heterocycles. The van der Waals surface area contributed by atoms with E-state index in [4.69, 9.17) is 34.8 Å². The first-order chi connectivity index (χ1) is 15.2. The molecule has 4 rings (SSSR count). The maximum Gasteiger partial charge on any atom is 0.241 e. The Kier molecular flexibility index (Phi) is 7.14. The number of benzene rings is 3. The van der Waals surface area contributed by atoms with Crippen molar-refractivity contribution < 1.29 is 8.42 Å². The molecule has 0 fully saturated rings. The average Bonchev–Trinajstić information content (AvgIpc) is 3.23. The number of halogens is 4. The Balaban J connectivity index is 1.68. The molecule has 0 amide bonds. The third-order valence-electron chi connectivity index (χ3n) is 5.04. The molecule has 1 aliphatic rings. The fourth-order valence-electron chi connectivity index (χ4n) is 3.44. The van der Waals surface area contributed by atoms with Gasteiger partial charge in [0.2, 0.25) is 10.0 Å². The van der Waals surface area contributed by atoms with Crippen LogP contribution in [0.5, 0.6) is 0 Å². The molecule has 0 bridgehead atoms. The molecule has 1 aliphatic heterocycles. The number of hydrogen-bond acceptors (Lipinski definition) is 4. The highest BCUT2D eigenvalue weighted by Crippen LogP contribution is 2.33. The SMILES string of the molecule is O=S(=O)(NC(C1=NNC(c2ccc(Cl)cc2)C1)c1ccc(Cl)cc1Cl)c1cccc(Br)c1. The second-order valence-electron chi connectivity index (χ2n) is 7.22. The van der Waals surface area contributed by atoms with Gasteiger partial charge in [0.05, 0.1) is 22.7 Å². The molecule has 2 N–H and O–H groups in total. The zero-order valence-corrected chi connectivity index (χ0v) is 21.1. The van der Waals surface area contributed by atoms with E-state index >= 15 is 0 Å². The molecular weight excluding hydrogens is 557 g/mol. The van der Waals surface area contributed by atoms with Crippen molar-refractivity contribution in [1.29, 1.82) is 0 Å². The van der Waals surface area contributed by atoms with Gasteiger partial charge in [0.1, 0.15) is 0 Å². The van der Waals surface area contributed by atoms with Gasteiger partial charge in [-0.2, -0.15) is 9.82 Å². The van der Waals surface area contributed by atoms with E-state index in [1.165, 1.54) is 12.1 Å². The summed E-state index contributed by atoms with van der Waals surface area (Å²) in [4.78, 5) is 0.128. The molecule has 1 heterocycles. The highest BCUT2D eigenvalue weighted by molar-refractivity contribution is 9.10.